The predicted octanol–water partition coefficient (Wildman–Crippen LogP) is 0.468. The van der Waals surface area contributed by atoms with Crippen molar-refractivity contribution in [3.8, 4) is 0 Å². The van der Waals surface area contributed by atoms with E-state index < -0.39 is 10.6 Å². The molecule has 0 amide bonds. The number of fused-ring (bicyclic) bond motifs is 1. The van der Waals surface area contributed by atoms with E-state index in [4.69, 9.17) is 0 Å². The molecule has 0 spiro atoms. The first-order valence-corrected chi connectivity index (χ1v) is 3.82. The van der Waals surface area contributed by atoms with Crippen LogP contribution in [0.2, 0.25) is 0 Å². The SMILES string of the molecule is Cc1nc2[nH]c(=O)[nH]c2cc1[N+](=O)[O-]. The summed E-state index contributed by atoms with van der Waals surface area (Å²) in [7, 11) is 0. The Hall–Kier alpha value is -2.18. The van der Waals surface area contributed by atoms with E-state index in [0.29, 0.717) is 11.2 Å². The van der Waals surface area contributed by atoms with E-state index in [1.54, 1.807) is 0 Å². The van der Waals surface area contributed by atoms with Gasteiger partial charge in [-0.05, 0) is 6.92 Å². The molecule has 0 aliphatic carbocycles. The minimum atomic E-state index is -0.535. The van der Waals surface area contributed by atoms with Gasteiger partial charge in [0.25, 0.3) is 5.69 Å². The van der Waals surface area contributed by atoms with E-state index >= 15 is 0 Å². The van der Waals surface area contributed by atoms with Crippen LogP contribution in [-0.4, -0.2) is 19.9 Å². The first kappa shape index (κ1) is 8.42. The van der Waals surface area contributed by atoms with Crippen molar-refractivity contribution in [2.75, 3.05) is 0 Å². The van der Waals surface area contributed by atoms with Crippen LogP contribution in [0.15, 0.2) is 10.9 Å². The number of hydrogen-bond acceptors (Lipinski definition) is 4. The van der Waals surface area contributed by atoms with Crippen LogP contribution >= 0.6 is 0 Å². The van der Waals surface area contributed by atoms with Crippen molar-refractivity contribution in [3.05, 3.63) is 32.4 Å². The molecule has 7 heteroatoms. The molecule has 14 heavy (non-hydrogen) atoms. The van der Waals surface area contributed by atoms with Crippen LogP contribution < -0.4 is 5.69 Å². The minimum Gasteiger partial charge on any atom is -0.304 e. The minimum absolute atomic E-state index is 0.104. The average Bonchev–Trinajstić information content (AvgIpc) is 2.42. The van der Waals surface area contributed by atoms with Gasteiger partial charge in [0.1, 0.15) is 5.69 Å². The molecule has 0 aromatic carbocycles. The highest BCUT2D eigenvalue weighted by molar-refractivity contribution is 5.73. The van der Waals surface area contributed by atoms with Crippen molar-refractivity contribution in [1.82, 2.24) is 15.0 Å². The van der Waals surface area contributed by atoms with Gasteiger partial charge in [0, 0.05) is 6.07 Å². The molecule has 2 aromatic rings. The molecule has 0 radical (unpaired) electrons. The third kappa shape index (κ3) is 1.15. The van der Waals surface area contributed by atoms with Gasteiger partial charge in [-0.25, -0.2) is 9.78 Å². The van der Waals surface area contributed by atoms with Crippen molar-refractivity contribution >= 4 is 16.9 Å². The van der Waals surface area contributed by atoms with E-state index in [1.165, 1.54) is 13.0 Å². The zero-order valence-corrected chi connectivity index (χ0v) is 7.20. The Bertz CT molecular complexity index is 568. The molecule has 0 fully saturated rings. The summed E-state index contributed by atoms with van der Waals surface area (Å²) in [5.74, 6) is 0. The average molecular weight is 194 g/mol. The number of aryl methyl sites for hydroxylation is 1. The number of aromatic amines is 2. The Kier molecular flexibility index (Phi) is 1.60. The fraction of sp³-hybridized carbons (Fsp3) is 0.143. The van der Waals surface area contributed by atoms with Crippen molar-refractivity contribution in [2.45, 2.75) is 6.92 Å². The molecule has 2 heterocycles. The number of H-pyrrole nitrogens is 2. The van der Waals surface area contributed by atoms with E-state index in [-0.39, 0.29) is 11.4 Å². The Morgan fingerprint density at radius 1 is 1.50 bits per heavy atom. The number of hydrogen-bond donors (Lipinski definition) is 2. The van der Waals surface area contributed by atoms with Crippen LogP contribution in [0.5, 0.6) is 0 Å². The summed E-state index contributed by atoms with van der Waals surface area (Å²) in [4.78, 5) is 29.6. The molecule has 7 nitrogen and oxygen atoms in total. The first-order chi connectivity index (χ1) is 6.58. The predicted molar refractivity (Wildman–Crippen MR) is 48.1 cm³/mol. The molecular weight excluding hydrogens is 188 g/mol. The van der Waals surface area contributed by atoms with Crippen molar-refractivity contribution in [3.63, 3.8) is 0 Å². The number of nitrogens with zero attached hydrogens (tertiary/aromatic N) is 2. The maximum Gasteiger partial charge on any atom is 0.325 e. The van der Waals surface area contributed by atoms with Gasteiger partial charge in [-0.2, -0.15) is 0 Å². The molecule has 0 aliphatic rings. The monoisotopic (exact) mass is 194 g/mol. The maximum absolute atomic E-state index is 10.9. The van der Waals surface area contributed by atoms with Crippen LogP contribution in [0.3, 0.4) is 0 Å². The van der Waals surface area contributed by atoms with E-state index in [1.807, 2.05) is 0 Å². The molecule has 0 aliphatic heterocycles. The number of pyridine rings is 1. The van der Waals surface area contributed by atoms with Gasteiger partial charge in [-0.15, -0.1) is 0 Å². The van der Waals surface area contributed by atoms with Crippen LogP contribution in [0, 0.1) is 17.0 Å². The van der Waals surface area contributed by atoms with Gasteiger partial charge < -0.3 is 4.98 Å². The lowest BCUT2D eigenvalue weighted by Crippen LogP contribution is -1.99. The Balaban J connectivity index is 2.82. The fourth-order valence-electron chi connectivity index (χ4n) is 1.23. The molecule has 2 aromatic heterocycles. The van der Waals surface area contributed by atoms with Gasteiger partial charge in [-0.3, -0.25) is 15.1 Å². The second kappa shape index (κ2) is 2.66. The summed E-state index contributed by atoms with van der Waals surface area (Å²) in [5.41, 5.74) is 0.420. The van der Waals surface area contributed by atoms with Crippen LogP contribution in [0.4, 0.5) is 5.69 Å². The highest BCUT2D eigenvalue weighted by atomic mass is 16.6. The summed E-state index contributed by atoms with van der Waals surface area (Å²) in [6.07, 6.45) is 0. The number of nitrogens with one attached hydrogen (secondary N) is 2. The highest BCUT2D eigenvalue weighted by Crippen LogP contribution is 2.18. The number of aromatic nitrogens is 3. The topological polar surface area (TPSA) is 105 Å². The maximum atomic E-state index is 10.9. The summed E-state index contributed by atoms with van der Waals surface area (Å²) in [6, 6.07) is 1.29. The molecular formula is C7H6N4O3. The summed E-state index contributed by atoms with van der Waals surface area (Å²) < 4.78 is 0. The van der Waals surface area contributed by atoms with Crippen LogP contribution in [-0.2, 0) is 0 Å². The van der Waals surface area contributed by atoms with Gasteiger partial charge in [-0.1, -0.05) is 0 Å². The summed E-state index contributed by atoms with van der Waals surface area (Å²) in [6.45, 7) is 1.52. The normalized spacial score (nSPS) is 10.6. The Morgan fingerprint density at radius 3 is 2.86 bits per heavy atom. The molecule has 0 saturated heterocycles. The van der Waals surface area contributed by atoms with Gasteiger partial charge in [0.15, 0.2) is 5.65 Å². The number of rotatable bonds is 1. The zero-order valence-electron chi connectivity index (χ0n) is 7.20. The van der Waals surface area contributed by atoms with Gasteiger partial charge >= 0.3 is 5.69 Å². The number of imidazole rings is 1. The first-order valence-electron chi connectivity index (χ1n) is 3.82. The van der Waals surface area contributed by atoms with Crippen LogP contribution in [0.25, 0.3) is 11.2 Å². The van der Waals surface area contributed by atoms with Crippen molar-refractivity contribution < 1.29 is 4.92 Å². The molecule has 0 saturated carbocycles. The third-order valence-electron chi connectivity index (χ3n) is 1.86. The number of nitro groups is 1. The lowest BCUT2D eigenvalue weighted by atomic mass is 10.3. The van der Waals surface area contributed by atoms with Gasteiger partial charge in [0.2, 0.25) is 0 Å². The second-order valence-corrected chi connectivity index (χ2v) is 2.83. The Morgan fingerprint density at radius 2 is 2.21 bits per heavy atom. The third-order valence-corrected chi connectivity index (χ3v) is 1.86. The lowest BCUT2D eigenvalue weighted by Gasteiger charge is -1.94. The quantitative estimate of drug-likeness (QED) is 0.508. The summed E-state index contributed by atoms with van der Waals surface area (Å²) >= 11 is 0. The van der Waals surface area contributed by atoms with Crippen molar-refractivity contribution in [1.29, 1.82) is 0 Å². The van der Waals surface area contributed by atoms with E-state index in [9.17, 15) is 14.9 Å². The van der Waals surface area contributed by atoms with Crippen LogP contribution in [0.1, 0.15) is 5.69 Å². The van der Waals surface area contributed by atoms with Gasteiger partial charge in [0.05, 0.1) is 10.4 Å². The molecule has 72 valence electrons. The zero-order chi connectivity index (χ0) is 10.3. The molecule has 2 rings (SSSR count). The highest BCUT2D eigenvalue weighted by Gasteiger charge is 2.14. The van der Waals surface area contributed by atoms with E-state index in [0.717, 1.165) is 0 Å². The second-order valence-electron chi connectivity index (χ2n) is 2.83. The molecule has 0 atom stereocenters. The Labute approximate surface area is 76.9 Å². The standard InChI is InChI=1S/C7H6N4O3/c1-3-5(11(13)14)2-4-6(8-3)10-7(12)9-4/h2H,1H3,(H2,8,9,10,12). The fourth-order valence-corrected chi connectivity index (χ4v) is 1.23. The summed E-state index contributed by atoms with van der Waals surface area (Å²) in [5, 5.41) is 10.5. The lowest BCUT2D eigenvalue weighted by molar-refractivity contribution is -0.385. The molecule has 2 N–H and O–H groups in total. The van der Waals surface area contributed by atoms with E-state index in [2.05, 4.69) is 15.0 Å². The molecule has 0 unspecified atom stereocenters. The largest absolute Gasteiger partial charge is 0.325 e. The van der Waals surface area contributed by atoms with Crippen molar-refractivity contribution in [2.24, 2.45) is 0 Å². The smallest absolute Gasteiger partial charge is 0.304 e. The molecule has 0 bridgehead atoms.